The van der Waals surface area contributed by atoms with E-state index in [2.05, 4.69) is 39.8 Å². The van der Waals surface area contributed by atoms with Crippen molar-refractivity contribution in [3.8, 4) is 0 Å². The molecule has 1 atom stereocenters. The van der Waals surface area contributed by atoms with E-state index >= 15 is 0 Å². The Morgan fingerprint density at radius 3 is 2.39 bits per heavy atom. The zero-order valence-corrected chi connectivity index (χ0v) is 20.2. The Morgan fingerprint density at radius 2 is 1.67 bits per heavy atom. The number of carbonyl (C=O) groups is 4. The van der Waals surface area contributed by atoms with E-state index in [1.807, 2.05) is 12.1 Å². The van der Waals surface area contributed by atoms with Crippen molar-refractivity contribution in [3.05, 3.63) is 70.8 Å². The summed E-state index contributed by atoms with van der Waals surface area (Å²) in [5.74, 6) is -1.98. The fourth-order valence-corrected chi connectivity index (χ4v) is 5.26. The zero-order valence-electron chi connectivity index (χ0n) is 20.2. The van der Waals surface area contributed by atoms with Crippen LogP contribution in [0.25, 0.3) is 0 Å². The van der Waals surface area contributed by atoms with Crippen LogP contribution in [0, 0.1) is 0 Å². The quantitative estimate of drug-likeness (QED) is 0.499. The Labute approximate surface area is 210 Å². The number of likely N-dealkylation sites (tertiary alicyclic amines) is 1. The molecule has 3 aliphatic rings. The maximum absolute atomic E-state index is 13.0. The van der Waals surface area contributed by atoms with Gasteiger partial charge in [-0.1, -0.05) is 36.4 Å². The second-order valence-corrected chi connectivity index (χ2v) is 10.1. The van der Waals surface area contributed by atoms with Crippen molar-refractivity contribution in [1.82, 2.24) is 20.4 Å². The van der Waals surface area contributed by atoms with E-state index in [0.29, 0.717) is 18.7 Å². The van der Waals surface area contributed by atoms with Crippen LogP contribution in [-0.2, 0) is 22.7 Å². The molecule has 188 valence electrons. The largest absolute Gasteiger partial charge is 0.324 e. The minimum Gasteiger partial charge on any atom is -0.324 e. The van der Waals surface area contributed by atoms with E-state index in [9.17, 15) is 19.2 Å². The fraction of sp³-hybridized carbons (Fsp3) is 0.407. The number of imide groups is 2. The number of benzene rings is 2. The number of nitrogens with one attached hydrogen (secondary N) is 2. The molecule has 0 spiro atoms. The lowest BCUT2D eigenvalue weighted by Crippen LogP contribution is -2.55. The molecule has 36 heavy (non-hydrogen) atoms. The number of amides is 4. The van der Waals surface area contributed by atoms with Gasteiger partial charge < -0.3 is 11.1 Å². The zero-order chi connectivity index (χ0) is 25.3. The monoisotopic (exact) mass is 489 g/mol. The predicted octanol–water partition coefficient (Wildman–Crippen LogP) is 1.17. The van der Waals surface area contributed by atoms with Crippen LogP contribution in [0.1, 0.15) is 57.5 Å². The lowest BCUT2D eigenvalue weighted by Gasteiger charge is -2.39. The SMILES string of the molecule is NC1(CNCc2ccc3c(c2)C(=O)N(C2CCC(=O)NC2=O)C3=O)CCN(Cc2ccccc2)CC1. The molecule has 0 saturated carbocycles. The molecule has 3 aliphatic heterocycles. The van der Waals surface area contributed by atoms with Gasteiger partial charge in [-0.2, -0.15) is 0 Å². The average molecular weight is 490 g/mol. The topological polar surface area (TPSA) is 125 Å². The predicted molar refractivity (Wildman–Crippen MR) is 133 cm³/mol. The summed E-state index contributed by atoms with van der Waals surface area (Å²) in [6.45, 7) is 3.98. The Hall–Kier alpha value is -3.40. The molecule has 3 heterocycles. The number of rotatable bonds is 7. The van der Waals surface area contributed by atoms with Gasteiger partial charge in [0.2, 0.25) is 11.8 Å². The third-order valence-electron chi connectivity index (χ3n) is 7.41. The minimum atomic E-state index is -0.957. The molecule has 0 radical (unpaired) electrons. The summed E-state index contributed by atoms with van der Waals surface area (Å²) < 4.78 is 0. The number of carbonyl (C=O) groups excluding carboxylic acids is 4. The Morgan fingerprint density at radius 1 is 0.944 bits per heavy atom. The van der Waals surface area contributed by atoms with E-state index in [0.717, 1.165) is 42.9 Å². The molecule has 0 bridgehead atoms. The second kappa shape index (κ2) is 9.93. The molecule has 2 aromatic rings. The number of piperidine rings is 2. The highest BCUT2D eigenvalue weighted by molar-refractivity contribution is 6.23. The first-order valence-corrected chi connectivity index (χ1v) is 12.4. The molecule has 2 fully saturated rings. The van der Waals surface area contributed by atoms with Crippen LogP contribution in [0.4, 0.5) is 0 Å². The minimum absolute atomic E-state index is 0.101. The lowest BCUT2D eigenvalue weighted by molar-refractivity contribution is -0.136. The van der Waals surface area contributed by atoms with Gasteiger partial charge in [0.05, 0.1) is 11.1 Å². The molecular weight excluding hydrogens is 458 g/mol. The molecule has 2 aromatic carbocycles. The van der Waals surface area contributed by atoms with Gasteiger partial charge in [0.15, 0.2) is 0 Å². The van der Waals surface area contributed by atoms with Gasteiger partial charge in [-0.25, -0.2) is 0 Å². The van der Waals surface area contributed by atoms with Crippen molar-refractivity contribution in [2.75, 3.05) is 19.6 Å². The summed E-state index contributed by atoms with van der Waals surface area (Å²) in [5.41, 5.74) is 9.13. The van der Waals surface area contributed by atoms with Gasteiger partial charge in [0, 0.05) is 44.7 Å². The van der Waals surface area contributed by atoms with Gasteiger partial charge in [-0.05, 0) is 42.5 Å². The molecule has 0 aliphatic carbocycles. The molecule has 9 nitrogen and oxygen atoms in total. The highest BCUT2D eigenvalue weighted by atomic mass is 16.2. The Bertz CT molecular complexity index is 1190. The molecule has 9 heteroatoms. The number of nitrogens with two attached hydrogens (primary N) is 1. The van der Waals surface area contributed by atoms with Crippen molar-refractivity contribution in [1.29, 1.82) is 0 Å². The maximum Gasteiger partial charge on any atom is 0.262 e. The lowest BCUT2D eigenvalue weighted by atomic mass is 9.88. The molecule has 2 saturated heterocycles. The van der Waals surface area contributed by atoms with Crippen LogP contribution in [0.3, 0.4) is 0 Å². The summed E-state index contributed by atoms with van der Waals surface area (Å²) in [6.07, 6.45) is 2.03. The van der Waals surface area contributed by atoms with Crippen LogP contribution in [0.2, 0.25) is 0 Å². The van der Waals surface area contributed by atoms with Crippen LogP contribution in [-0.4, -0.2) is 64.6 Å². The van der Waals surface area contributed by atoms with Gasteiger partial charge in [-0.3, -0.25) is 34.3 Å². The van der Waals surface area contributed by atoms with Crippen LogP contribution < -0.4 is 16.4 Å². The smallest absolute Gasteiger partial charge is 0.262 e. The van der Waals surface area contributed by atoms with Crippen molar-refractivity contribution in [3.63, 3.8) is 0 Å². The third-order valence-corrected chi connectivity index (χ3v) is 7.41. The van der Waals surface area contributed by atoms with E-state index in [4.69, 9.17) is 5.73 Å². The first-order valence-electron chi connectivity index (χ1n) is 12.4. The number of nitrogens with zero attached hydrogens (tertiary/aromatic N) is 2. The highest BCUT2D eigenvalue weighted by Crippen LogP contribution is 2.28. The number of fused-ring (bicyclic) bond motifs is 1. The highest BCUT2D eigenvalue weighted by Gasteiger charge is 2.44. The summed E-state index contributed by atoms with van der Waals surface area (Å²) in [5, 5.41) is 5.64. The molecular formula is C27H31N5O4. The standard InChI is InChI=1S/C27H31N5O4/c28-27(10-12-31(13-11-27)16-18-4-2-1-3-5-18)17-29-15-19-6-7-20-21(14-19)26(36)32(25(20)35)22-8-9-23(33)30-24(22)34/h1-7,14,22,29H,8-13,15-17,28H2,(H,30,33,34). The molecule has 0 aromatic heterocycles. The van der Waals surface area contributed by atoms with E-state index in [1.165, 1.54) is 5.56 Å². The van der Waals surface area contributed by atoms with Crippen LogP contribution >= 0.6 is 0 Å². The van der Waals surface area contributed by atoms with Crippen LogP contribution in [0.5, 0.6) is 0 Å². The molecule has 4 N–H and O–H groups in total. The number of hydrogen-bond acceptors (Lipinski definition) is 7. The Kier molecular flexibility index (Phi) is 6.70. The van der Waals surface area contributed by atoms with Crippen molar-refractivity contribution in [2.24, 2.45) is 5.73 Å². The summed E-state index contributed by atoms with van der Waals surface area (Å²) in [4.78, 5) is 53.0. The summed E-state index contributed by atoms with van der Waals surface area (Å²) in [7, 11) is 0. The van der Waals surface area contributed by atoms with E-state index in [-0.39, 0.29) is 29.9 Å². The third kappa shape index (κ3) is 4.95. The first kappa shape index (κ1) is 24.3. The van der Waals surface area contributed by atoms with Crippen LogP contribution in [0.15, 0.2) is 48.5 Å². The average Bonchev–Trinajstić information content (AvgIpc) is 3.11. The molecule has 5 rings (SSSR count). The fourth-order valence-electron chi connectivity index (χ4n) is 5.26. The van der Waals surface area contributed by atoms with Gasteiger partial charge >= 0.3 is 0 Å². The number of hydrogen-bond donors (Lipinski definition) is 3. The second-order valence-electron chi connectivity index (χ2n) is 10.1. The first-order chi connectivity index (χ1) is 17.3. The normalized spacial score (nSPS) is 22.0. The van der Waals surface area contributed by atoms with Crippen molar-refractivity contribution >= 4 is 23.6 Å². The van der Waals surface area contributed by atoms with E-state index in [1.54, 1.807) is 12.1 Å². The van der Waals surface area contributed by atoms with Crippen molar-refractivity contribution < 1.29 is 19.2 Å². The van der Waals surface area contributed by atoms with Gasteiger partial charge in [0.25, 0.3) is 11.8 Å². The van der Waals surface area contributed by atoms with Gasteiger partial charge in [0.1, 0.15) is 6.04 Å². The Balaban J connectivity index is 1.15. The summed E-state index contributed by atoms with van der Waals surface area (Å²) in [6, 6.07) is 14.6. The van der Waals surface area contributed by atoms with E-state index < -0.39 is 23.8 Å². The van der Waals surface area contributed by atoms with Gasteiger partial charge in [-0.15, -0.1) is 0 Å². The maximum atomic E-state index is 13.0. The van der Waals surface area contributed by atoms with Crippen molar-refractivity contribution in [2.45, 2.75) is 50.4 Å². The summed E-state index contributed by atoms with van der Waals surface area (Å²) >= 11 is 0. The molecule has 1 unspecified atom stereocenters. The molecule has 4 amide bonds.